The Balaban J connectivity index is 1.98. The minimum Gasteiger partial charge on any atom is -0.378 e. The third kappa shape index (κ3) is 2.18. The molecule has 0 fully saturated rings. The van der Waals surface area contributed by atoms with Crippen molar-refractivity contribution in [3.05, 3.63) is 50.5 Å². The van der Waals surface area contributed by atoms with Gasteiger partial charge in [-0.1, -0.05) is 12.1 Å². The maximum Gasteiger partial charge on any atom is 0.257 e. The highest BCUT2D eigenvalue weighted by molar-refractivity contribution is 7.71. The molecule has 2 heterocycles. The number of fused-ring (bicyclic) bond motifs is 1. The Hall–Kier alpha value is -2.21. The van der Waals surface area contributed by atoms with Gasteiger partial charge in [0.05, 0.1) is 11.3 Å². The lowest BCUT2D eigenvalue weighted by atomic mass is 10.1. The van der Waals surface area contributed by atoms with Crippen molar-refractivity contribution in [1.82, 2.24) is 9.97 Å². The summed E-state index contributed by atoms with van der Waals surface area (Å²) in [7, 11) is 4.00. The Morgan fingerprint density at radius 3 is 2.55 bits per heavy atom. The first kappa shape index (κ1) is 12.8. The van der Waals surface area contributed by atoms with Crippen LogP contribution >= 0.6 is 12.2 Å². The van der Waals surface area contributed by atoms with Gasteiger partial charge in [0.25, 0.3) is 5.56 Å². The van der Waals surface area contributed by atoms with Gasteiger partial charge in [0.15, 0.2) is 4.77 Å². The fraction of sp³-hybridized carbons (Fsp3) is 0.214. The summed E-state index contributed by atoms with van der Waals surface area (Å²) < 4.78 is 0.307. The van der Waals surface area contributed by atoms with Crippen LogP contribution in [0.4, 0.5) is 11.5 Å². The van der Waals surface area contributed by atoms with E-state index in [1.54, 1.807) is 0 Å². The smallest absolute Gasteiger partial charge is 0.257 e. The maximum atomic E-state index is 11.8. The minimum atomic E-state index is -0.160. The second kappa shape index (κ2) is 4.72. The minimum absolute atomic E-state index is 0.160. The predicted octanol–water partition coefficient (Wildman–Crippen LogP) is 2.18. The van der Waals surface area contributed by atoms with Gasteiger partial charge in [-0.05, 0) is 29.9 Å². The van der Waals surface area contributed by atoms with E-state index in [-0.39, 0.29) is 5.56 Å². The largest absolute Gasteiger partial charge is 0.378 e. The van der Waals surface area contributed by atoms with Gasteiger partial charge in [0, 0.05) is 26.2 Å². The molecule has 1 aliphatic rings. The van der Waals surface area contributed by atoms with Crippen molar-refractivity contribution >= 4 is 29.4 Å². The molecule has 0 spiro atoms. The fourth-order valence-electron chi connectivity index (χ4n) is 2.22. The molecule has 1 aromatic heterocycles. The molecule has 6 heteroatoms. The van der Waals surface area contributed by atoms with Crippen LogP contribution in [0.3, 0.4) is 0 Å². The lowest BCUT2D eigenvalue weighted by Crippen LogP contribution is -2.14. The monoisotopic (exact) mass is 286 g/mol. The average Bonchev–Trinajstić information content (AvgIpc) is 2.83. The Bertz CT molecular complexity index is 799. The van der Waals surface area contributed by atoms with Crippen molar-refractivity contribution in [3.8, 4) is 0 Å². The lowest BCUT2D eigenvalue weighted by molar-refractivity contribution is 1.05. The van der Waals surface area contributed by atoms with Crippen LogP contribution in [0.2, 0.25) is 0 Å². The van der Waals surface area contributed by atoms with Crippen LogP contribution in [0.15, 0.2) is 34.1 Å². The molecule has 0 atom stereocenters. The SMILES string of the molecule is CN(C)c1ccc(C2=Nc3[nH]c(=S)[nH]c(=O)c3C2)cc1. The molecular formula is C14H14N4OS. The summed E-state index contributed by atoms with van der Waals surface area (Å²) in [4.78, 5) is 23.9. The van der Waals surface area contributed by atoms with Gasteiger partial charge in [0.2, 0.25) is 0 Å². The average molecular weight is 286 g/mol. The van der Waals surface area contributed by atoms with E-state index < -0.39 is 0 Å². The lowest BCUT2D eigenvalue weighted by Gasteiger charge is -2.12. The van der Waals surface area contributed by atoms with E-state index in [1.165, 1.54) is 0 Å². The molecule has 1 aliphatic heterocycles. The molecule has 2 aromatic rings. The summed E-state index contributed by atoms with van der Waals surface area (Å²) in [5, 5.41) is 0. The van der Waals surface area contributed by atoms with Crippen LogP contribution in [0, 0.1) is 4.77 Å². The summed E-state index contributed by atoms with van der Waals surface area (Å²) in [5.41, 5.74) is 3.51. The zero-order valence-corrected chi connectivity index (χ0v) is 12.0. The van der Waals surface area contributed by atoms with Gasteiger partial charge in [-0.25, -0.2) is 4.99 Å². The fourth-order valence-corrected chi connectivity index (χ4v) is 2.41. The van der Waals surface area contributed by atoms with Crippen LogP contribution < -0.4 is 10.5 Å². The number of aliphatic imine (C=N–C) groups is 1. The Morgan fingerprint density at radius 2 is 1.90 bits per heavy atom. The molecule has 5 nitrogen and oxygen atoms in total. The van der Waals surface area contributed by atoms with E-state index in [4.69, 9.17) is 12.2 Å². The van der Waals surface area contributed by atoms with E-state index in [9.17, 15) is 4.79 Å². The quantitative estimate of drug-likeness (QED) is 0.832. The Morgan fingerprint density at radius 1 is 1.20 bits per heavy atom. The molecule has 20 heavy (non-hydrogen) atoms. The molecule has 3 rings (SSSR count). The molecular weight excluding hydrogens is 272 g/mol. The zero-order valence-electron chi connectivity index (χ0n) is 11.2. The van der Waals surface area contributed by atoms with Crippen molar-refractivity contribution in [3.63, 3.8) is 0 Å². The summed E-state index contributed by atoms with van der Waals surface area (Å²) in [6, 6.07) is 8.10. The standard InChI is InChI=1S/C14H14N4OS/c1-18(2)9-5-3-8(4-6-9)11-7-10-12(15-11)16-14(20)17-13(10)19/h3-6H,7H2,1-2H3,(H2,16,17,19,20). The molecule has 102 valence electrons. The molecule has 2 N–H and O–H groups in total. The van der Waals surface area contributed by atoms with Crippen LogP contribution in [-0.4, -0.2) is 29.8 Å². The van der Waals surface area contributed by atoms with Gasteiger partial charge in [-0.2, -0.15) is 0 Å². The summed E-state index contributed by atoms with van der Waals surface area (Å²) in [6.45, 7) is 0. The summed E-state index contributed by atoms with van der Waals surface area (Å²) in [5.74, 6) is 0.574. The molecule has 1 aromatic carbocycles. The number of nitrogens with zero attached hydrogens (tertiary/aromatic N) is 2. The molecule has 0 saturated carbocycles. The third-order valence-corrected chi connectivity index (χ3v) is 3.53. The van der Waals surface area contributed by atoms with Crippen molar-refractivity contribution in [1.29, 1.82) is 0 Å². The van der Waals surface area contributed by atoms with Gasteiger partial charge < -0.3 is 9.88 Å². The van der Waals surface area contributed by atoms with Gasteiger partial charge >= 0.3 is 0 Å². The number of anilines is 1. The predicted molar refractivity (Wildman–Crippen MR) is 82.9 cm³/mol. The van der Waals surface area contributed by atoms with E-state index in [1.807, 2.05) is 43.3 Å². The number of aromatic nitrogens is 2. The van der Waals surface area contributed by atoms with Crippen LogP contribution in [0.5, 0.6) is 0 Å². The van der Waals surface area contributed by atoms with Gasteiger partial charge in [0.1, 0.15) is 5.82 Å². The van der Waals surface area contributed by atoms with Crippen molar-refractivity contribution in [2.45, 2.75) is 6.42 Å². The van der Waals surface area contributed by atoms with Gasteiger partial charge in [-0.3, -0.25) is 9.78 Å². The Kier molecular flexibility index (Phi) is 3.02. The highest BCUT2D eigenvalue weighted by Gasteiger charge is 2.19. The number of rotatable bonds is 2. The first-order valence-electron chi connectivity index (χ1n) is 6.25. The number of nitrogens with one attached hydrogen (secondary N) is 2. The molecule has 0 bridgehead atoms. The third-order valence-electron chi connectivity index (χ3n) is 3.33. The summed E-state index contributed by atoms with van der Waals surface area (Å²) >= 11 is 4.96. The van der Waals surface area contributed by atoms with Crippen molar-refractivity contribution < 1.29 is 0 Å². The van der Waals surface area contributed by atoms with Crippen molar-refractivity contribution in [2.75, 3.05) is 19.0 Å². The normalized spacial score (nSPS) is 13.0. The molecule has 0 aliphatic carbocycles. The number of benzene rings is 1. The van der Waals surface area contributed by atoms with Crippen LogP contribution in [0.1, 0.15) is 11.1 Å². The molecule has 0 radical (unpaired) electrons. The second-order valence-electron chi connectivity index (χ2n) is 4.91. The summed E-state index contributed by atoms with van der Waals surface area (Å²) in [6.07, 6.45) is 0.526. The van der Waals surface area contributed by atoms with E-state index >= 15 is 0 Å². The van der Waals surface area contributed by atoms with Crippen LogP contribution in [0.25, 0.3) is 0 Å². The Labute approximate surface area is 121 Å². The number of aromatic amines is 2. The highest BCUT2D eigenvalue weighted by Crippen LogP contribution is 2.24. The van der Waals surface area contributed by atoms with Crippen LogP contribution in [-0.2, 0) is 6.42 Å². The van der Waals surface area contributed by atoms with E-state index in [0.717, 1.165) is 17.0 Å². The number of hydrogen-bond acceptors (Lipinski definition) is 4. The maximum absolute atomic E-state index is 11.8. The first-order valence-corrected chi connectivity index (χ1v) is 6.66. The molecule has 0 unspecified atom stereocenters. The highest BCUT2D eigenvalue weighted by atomic mass is 32.1. The topological polar surface area (TPSA) is 64.2 Å². The zero-order chi connectivity index (χ0) is 14.3. The number of H-pyrrole nitrogens is 2. The van der Waals surface area contributed by atoms with E-state index in [0.29, 0.717) is 22.6 Å². The van der Waals surface area contributed by atoms with Crippen molar-refractivity contribution in [2.24, 2.45) is 4.99 Å². The number of hydrogen-bond donors (Lipinski definition) is 2. The molecule has 0 amide bonds. The van der Waals surface area contributed by atoms with Gasteiger partial charge in [-0.15, -0.1) is 0 Å². The van der Waals surface area contributed by atoms with E-state index in [2.05, 4.69) is 15.0 Å². The second-order valence-corrected chi connectivity index (χ2v) is 5.32. The first-order chi connectivity index (χ1) is 9.54. The molecule has 0 saturated heterocycles.